The second-order valence-corrected chi connectivity index (χ2v) is 8.25. The molecule has 2 atom stereocenters. The number of benzene rings is 2. The van der Waals surface area contributed by atoms with Gasteiger partial charge in [0, 0.05) is 36.8 Å². The van der Waals surface area contributed by atoms with Gasteiger partial charge < -0.3 is 15.4 Å². The van der Waals surface area contributed by atoms with Crippen LogP contribution < -0.4 is 10.5 Å². The number of ether oxygens (including phenoxy) is 1. The number of rotatable bonds is 4. The Morgan fingerprint density at radius 1 is 1.20 bits per heavy atom. The Balaban J connectivity index is 1.59. The first-order valence-electron chi connectivity index (χ1n) is 10.6. The maximum Gasteiger partial charge on any atom is 0.263 e. The Morgan fingerprint density at radius 3 is 2.70 bits per heavy atom. The molecule has 1 aromatic heterocycles. The fraction of sp³-hybridized carbons (Fsp3) is 0.360. The van der Waals surface area contributed by atoms with Gasteiger partial charge in [-0.1, -0.05) is 18.2 Å². The van der Waals surface area contributed by atoms with Crippen LogP contribution >= 0.6 is 0 Å². The molecule has 1 aliphatic heterocycles. The first kappa shape index (κ1) is 20.4. The van der Waals surface area contributed by atoms with Gasteiger partial charge in [0.1, 0.15) is 5.75 Å². The van der Waals surface area contributed by atoms with E-state index in [0.29, 0.717) is 12.3 Å². The van der Waals surface area contributed by atoms with E-state index >= 15 is 0 Å². The number of carbonyl (C=O) groups excluding carboxylic acids is 1. The van der Waals surface area contributed by atoms with Gasteiger partial charge in [0.25, 0.3) is 5.91 Å². The van der Waals surface area contributed by atoms with Crippen LogP contribution in [0.5, 0.6) is 5.75 Å². The number of likely N-dealkylation sites (tertiary alicyclic amines) is 1. The van der Waals surface area contributed by atoms with Crippen molar-refractivity contribution >= 4 is 16.8 Å². The second-order valence-electron chi connectivity index (χ2n) is 8.25. The second kappa shape index (κ2) is 8.44. The highest BCUT2D eigenvalue weighted by Crippen LogP contribution is 2.33. The zero-order chi connectivity index (χ0) is 21.3. The Bertz CT molecular complexity index is 1060. The topological polar surface area (TPSA) is 68.5 Å². The molecule has 2 heterocycles. The Hall–Kier alpha value is -2.92. The molecule has 0 aliphatic carbocycles. The summed E-state index contributed by atoms with van der Waals surface area (Å²) in [5.41, 5.74) is 11.7. The van der Waals surface area contributed by atoms with E-state index in [0.717, 1.165) is 35.9 Å². The summed E-state index contributed by atoms with van der Waals surface area (Å²) in [6, 6.07) is 14.3. The first-order valence-corrected chi connectivity index (χ1v) is 10.6. The first-order chi connectivity index (χ1) is 14.4. The maximum atomic E-state index is 12.8. The molecule has 0 spiro atoms. The van der Waals surface area contributed by atoms with Crippen molar-refractivity contribution in [1.29, 1.82) is 0 Å². The zero-order valence-corrected chi connectivity index (χ0v) is 17.9. The quantitative estimate of drug-likeness (QED) is 0.708. The summed E-state index contributed by atoms with van der Waals surface area (Å²) in [6.07, 6.45) is 3.19. The summed E-state index contributed by atoms with van der Waals surface area (Å²) in [7, 11) is 0. The summed E-state index contributed by atoms with van der Waals surface area (Å²) in [5.74, 6) is 0.637. The molecule has 4 rings (SSSR count). The van der Waals surface area contributed by atoms with Crippen LogP contribution in [0.4, 0.5) is 0 Å². The fourth-order valence-corrected chi connectivity index (χ4v) is 4.38. The molecule has 0 bridgehead atoms. The maximum absolute atomic E-state index is 12.8. The van der Waals surface area contributed by atoms with Gasteiger partial charge >= 0.3 is 0 Å². The molecule has 0 radical (unpaired) electrons. The number of hydrogen-bond donors (Lipinski definition) is 1. The average Bonchev–Trinajstić information content (AvgIpc) is 2.73. The van der Waals surface area contributed by atoms with Crippen LogP contribution in [0.25, 0.3) is 22.0 Å². The van der Waals surface area contributed by atoms with E-state index in [1.165, 1.54) is 16.7 Å². The lowest BCUT2D eigenvalue weighted by atomic mass is 9.93. The molecule has 5 heteroatoms. The lowest BCUT2D eigenvalue weighted by Gasteiger charge is -2.32. The summed E-state index contributed by atoms with van der Waals surface area (Å²) < 4.78 is 5.99. The third-order valence-corrected chi connectivity index (χ3v) is 5.89. The number of piperidine rings is 1. The molecule has 1 amide bonds. The molecule has 30 heavy (non-hydrogen) atoms. The summed E-state index contributed by atoms with van der Waals surface area (Å²) in [4.78, 5) is 19.1. The van der Waals surface area contributed by atoms with E-state index in [4.69, 9.17) is 10.5 Å². The highest BCUT2D eigenvalue weighted by molar-refractivity contribution is 5.96. The molecule has 1 aliphatic rings. The van der Waals surface area contributed by atoms with Crippen molar-refractivity contribution in [2.75, 3.05) is 13.1 Å². The van der Waals surface area contributed by atoms with Crippen LogP contribution in [0.2, 0.25) is 0 Å². The van der Waals surface area contributed by atoms with E-state index in [-0.39, 0.29) is 11.9 Å². The molecule has 1 fully saturated rings. The number of pyridine rings is 1. The number of amides is 1. The van der Waals surface area contributed by atoms with Gasteiger partial charge in [-0.25, -0.2) is 0 Å². The van der Waals surface area contributed by atoms with Crippen molar-refractivity contribution in [1.82, 2.24) is 9.88 Å². The standard InChI is InChI=1S/C25H29N3O2/c1-16-6-4-7-17(2)24(16)22-11-12-27-23-14-20(9-10-21(22)23)30-18(3)25(29)28-13-5-8-19(26)15-28/h4,6-7,9-12,14,18-19H,5,8,13,15,26H2,1-3H3/t18-,19-/m1/s1. The van der Waals surface area contributed by atoms with E-state index in [1.54, 1.807) is 6.92 Å². The van der Waals surface area contributed by atoms with Crippen LogP contribution in [0.15, 0.2) is 48.7 Å². The van der Waals surface area contributed by atoms with Gasteiger partial charge in [0.05, 0.1) is 5.52 Å². The zero-order valence-electron chi connectivity index (χ0n) is 17.9. The molecular formula is C25H29N3O2. The molecular weight excluding hydrogens is 374 g/mol. The number of nitrogens with two attached hydrogens (primary N) is 1. The Kier molecular flexibility index (Phi) is 5.73. The van der Waals surface area contributed by atoms with Crippen molar-refractivity contribution in [2.24, 2.45) is 5.73 Å². The van der Waals surface area contributed by atoms with Crippen molar-refractivity contribution in [2.45, 2.75) is 45.8 Å². The van der Waals surface area contributed by atoms with E-state index in [1.807, 2.05) is 29.3 Å². The van der Waals surface area contributed by atoms with Crippen molar-refractivity contribution in [3.05, 3.63) is 59.8 Å². The molecule has 0 unspecified atom stereocenters. The van der Waals surface area contributed by atoms with E-state index < -0.39 is 6.10 Å². The number of carbonyl (C=O) groups is 1. The normalized spacial score (nSPS) is 17.7. The van der Waals surface area contributed by atoms with Gasteiger partial charge in [-0.15, -0.1) is 0 Å². The largest absolute Gasteiger partial charge is 0.481 e. The fourth-order valence-electron chi connectivity index (χ4n) is 4.38. The molecule has 156 valence electrons. The predicted octanol–water partition coefficient (Wildman–Crippen LogP) is 4.24. The average molecular weight is 404 g/mol. The Morgan fingerprint density at radius 2 is 1.97 bits per heavy atom. The van der Waals surface area contributed by atoms with Crippen molar-refractivity contribution in [3.8, 4) is 16.9 Å². The van der Waals surface area contributed by atoms with E-state index in [9.17, 15) is 4.79 Å². The van der Waals surface area contributed by atoms with Gasteiger partial charge in [0.2, 0.25) is 0 Å². The Labute approximate surface area is 177 Å². The van der Waals surface area contributed by atoms with Crippen LogP contribution in [0.1, 0.15) is 30.9 Å². The van der Waals surface area contributed by atoms with Crippen molar-refractivity contribution in [3.63, 3.8) is 0 Å². The lowest BCUT2D eigenvalue weighted by molar-refractivity contribution is -0.139. The minimum Gasteiger partial charge on any atom is -0.481 e. The highest BCUT2D eigenvalue weighted by atomic mass is 16.5. The van der Waals surface area contributed by atoms with Gasteiger partial charge in [0.15, 0.2) is 6.10 Å². The number of fused-ring (bicyclic) bond motifs is 1. The van der Waals surface area contributed by atoms with E-state index in [2.05, 4.69) is 43.1 Å². The predicted molar refractivity (Wildman–Crippen MR) is 121 cm³/mol. The molecule has 2 N–H and O–H groups in total. The molecule has 0 saturated carbocycles. The number of nitrogens with zero attached hydrogens (tertiary/aromatic N) is 2. The molecule has 5 nitrogen and oxygen atoms in total. The third kappa shape index (κ3) is 4.03. The van der Waals surface area contributed by atoms with Gasteiger partial charge in [-0.05, 0) is 74.1 Å². The summed E-state index contributed by atoms with van der Waals surface area (Å²) in [5, 5.41) is 1.07. The number of hydrogen-bond acceptors (Lipinski definition) is 4. The summed E-state index contributed by atoms with van der Waals surface area (Å²) >= 11 is 0. The van der Waals surface area contributed by atoms with Gasteiger partial charge in [-0.2, -0.15) is 0 Å². The molecule has 1 saturated heterocycles. The van der Waals surface area contributed by atoms with Crippen LogP contribution in [0, 0.1) is 13.8 Å². The highest BCUT2D eigenvalue weighted by Gasteiger charge is 2.26. The SMILES string of the molecule is Cc1cccc(C)c1-c1ccnc2cc(O[C@H](C)C(=O)N3CCC[C@@H](N)C3)ccc12. The lowest BCUT2D eigenvalue weighted by Crippen LogP contribution is -2.49. The number of aromatic nitrogens is 1. The summed E-state index contributed by atoms with van der Waals surface area (Å²) in [6.45, 7) is 7.41. The van der Waals surface area contributed by atoms with Crippen LogP contribution in [-0.2, 0) is 4.79 Å². The van der Waals surface area contributed by atoms with Crippen LogP contribution in [-0.4, -0.2) is 41.0 Å². The third-order valence-electron chi connectivity index (χ3n) is 5.89. The van der Waals surface area contributed by atoms with Crippen LogP contribution in [0.3, 0.4) is 0 Å². The minimum atomic E-state index is -0.561. The van der Waals surface area contributed by atoms with Gasteiger partial charge in [-0.3, -0.25) is 9.78 Å². The molecule has 3 aromatic rings. The minimum absolute atomic E-state index is 0.0116. The number of aryl methyl sites for hydroxylation is 2. The smallest absolute Gasteiger partial charge is 0.263 e. The monoisotopic (exact) mass is 403 g/mol. The molecule has 2 aromatic carbocycles. The van der Waals surface area contributed by atoms with Crippen molar-refractivity contribution < 1.29 is 9.53 Å².